The zero-order valence-corrected chi connectivity index (χ0v) is 14.9. The summed E-state index contributed by atoms with van der Waals surface area (Å²) in [6.07, 6.45) is 0.940. The molecule has 2 N–H and O–H groups in total. The van der Waals surface area contributed by atoms with Gasteiger partial charge in [-0.2, -0.15) is 4.31 Å². The molecule has 1 saturated carbocycles. The smallest absolute Gasteiger partial charge is 0.274 e. The van der Waals surface area contributed by atoms with Crippen LogP contribution in [0.25, 0.3) is 0 Å². The van der Waals surface area contributed by atoms with Crippen LogP contribution in [0.2, 0.25) is 0 Å². The van der Waals surface area contributed by atoms with Crippen LogP contribution in [-0.4, -0.2) is 29.9 Å². The average Bonchev–Trinajstić information content (AvgIpc) is 3.51. The number of carbonyl (C=O) groups excluding carboxylic acids is 1. The molecule has 1 fully saturated rings. The first kappa shape index (κ1) is 20.2. The normalized spacial score (nSPS) is 14.4. The number of rotatable bonds is 6. The number of hydrogen-bond acceptors (Lipinski definition) is 4. The summed E-state index contributed by atoms with van der Waals surface area (Å²) in [5.41, 5.74) is 1.97. The van der Waals surface area contributed by atoms with Gasteiger partial charge >= 0.3 is 0 Å². The number of carbonyl (C=O) groups is 1. The van der Waals surface area contributed by atoms with Crippen molar-refractivity contribution in [1.29, 1.82) is 0 Å². The summed E-state index contributed by atoms with van der Waals surface area (Å²) in [5.74, 6) is -8.86. The van der Waals surface area contributed by atoms with E-state index in [0.717, 1.165) is 4.31 Å². The molecule has 0 bridgehead atoms. The Morgan fingerprint density at radius 2 is 1.68 bits per heavy atom. The first-order chi connectivity index (χ1) is 13.2. The summed E-state index contributed by atoms with van der Waals surface area (Å²) in [6, 6.07) is 5.11. The maximum Gasteiger partial charge on any atom is 0.274 e. The van der Waals surface area contributed by atoms with Gasteiger partial charge in [0.25, 0.3) is 5.91 Å². The fourth-order valence-electron chi connectivity index (χ4n) is 2.64. The molecule has 3 rings (SSSR count). The lowest BCUT2D eigenvalue weighted by atomic mass is 10.1. The molecule has 2 aromatic rings. The Morgan fingerprint density at radius 1 is 1.07 bits per heavy atom. The van der Waals surface area contributed by atoms with Gasteiger partial charge in [0.05, 0.1) is 0 Å². The molecule has 150 valence electrons. The number of sulfonamides is 1. The fourth-order valence-corrected chi connectivity index (χ4v) is 4.39. The maximum absolute atomic E-state index is 14.0. The van der Waals surface area contributed by atoms with E-state index in [4.69, 9.17) is 5.21 Å². The minimum absolute atomic E-state index is 0.112. The molecular formula is C17H14F4N2O4S. The van der Waals surface area contributed by atoms with Crippen LogP contribution in [0.1, 0.15) is 28.8 Å². The summed E-state index contributed by atoms with van der Waals surface area (Å²) >= 11 is 0. The molecule has 6 nitrogen and oxygen atoms in total. The molecule has 0 radical (unpaired) electrons. The van der Waals surface area contributed by atoms with Crippen molar-refractivity contribution < 1.29 is 36.0 Å². The highest BCUT2D eigenvalue weighted by molar-refractivity contribution is 7.89. The molecule has 0 atom stereocenters. The van der Waals surface area contributed by atoms with Gasteiger partial charge in [-0.05, 0) is 30.5 Å². The van der Waals surface area contributed by atoms with E-state index in [2.05, 4.69) is 0 Å². The molecule has 0 aliphatic heterocycles. The number of nitrogens with zero attached hydrogens (tertiary/aromatic N) is 1. The Kier molecular flexibility index (Phi) is 5.41. The van der Waals surface area contributed by atoms with Crippen molar-refractivity contribution in [2.24, 2.45) is 0 Å². The van der Waals surface area contributed by atoms with Crippen LogP contribution < -0.4 is 5.48 Å². The van der Waals surface area contributed by atoms with Gasteiger partial charge in [0.1, 0.15) is 4.90 Å². The van der Waals surface area contributed by atoms with Crippen molar-refractivity contribution in [1.82, 2.24) is 9.79 Å². The molecule has 1 amide bonds. The summed E-state index contributed by atoms with van der Waals surface area (Å²) in [6.45, 7) is -0.256. The van der Waals surface area contributed by atoms with Crippen molar-refractivity contribution in [3.63, 3.8) is 0 Å². The highest BCUT2D eigenvalue weighted by atomic mass is 32.2. The molecule has 28 heavy (non-hydrogen) atoms. The van der Waals surface area contributed by atoms with Gasteiger partial charge < -0.3 is 0 Å². The quantitative estimate of drug-likeness (QED) is 0.248. The van der Waals surface area contributed by atoms with E-state index in [1.54, 1.807) is 0 Å². The van der Waals surface area contributed by atoms with Gasteiger partial charge in [-0.15, -0.1) is 0 Å². The van der Waals surface area contributed by atoms with Gasteiger partial charge in [-0.1, -0.05) is 12.1 Å². The maximum atomic E-state index is 14.0. The molecule has 0 spiro atoms. The Morgan fingerprint density at radius 3 is 2.21 bits per heavy atom. The van der Waals surface area contributed by atoms with Crippen LogP contribution in [0, 0.1) is 23.3 Å². The molecule has 0 heterocycles. The first-order valence-corrected chi connectivity index (χ1v) is 9.49. The van der Waals surface area contributed by atoms with Gasteiger partial charge in [0.2, 0.25) is 10.0 Å². The van der Waals surface area contributed by atoms with Crippen LogP contribution in [0.15, 0.2) is 35.2 Å². The Balaban J connectivity index is 1.96. The standard InChI is InChI=1S/C17H14F4N2O4S/c18-12-7-13(15(20)16(21)14(12)19)28(26,27)23(11-5-6-11)8-9-1-3-10(4-2-9)17(24)22-25/h1-4,7,11,25H,5-6,8H2,(H,22,24). The van der Waals surface area contributed by atoms with Crippen LogP contribution >= 0.6 is 0 Å². The van der Waals surface area contributed by atoms with E-state index in [1.165, 1.54) is 29.7 Å². The number of hydroxylamine groups is 1. The summed E-state index contributed by atoms with van der Waals surface area (Å²) < 4.78 is 80.7. The van der Waals surface area contributed by atoms with Crippen molar-refractivity contribution in [2.45, 2.75) is 30.3 Å². The van der Waals surface area contributed by atoms with Gasteiger partial charge in [-0.25, -0.2) is 31.5 Å². The Labute approximate surface area is 157 Å². The van der Waals surface area contributed by atoms with Crippen LogP contribution in [0.3, 0.4) is 0 Å². The first-order valence-electron chi connectivity index (χ1n) is 8.05. The van der Waals surface area contributed by atoms with Crippen LogP contribution in [0.5, 0.6) is 0 Å². The molecule has 0 aromatic heterocycles. The van der Waals surface area contributed by atoms with E-state index in [0.29, 0.717) is 18.4 Å². The molecule has 0 saturated heterocycles. The van der Waals surface area contributed by atoms with E-state index in [-0.39, 0.29) is 18.2 Å². The highest BCUT2D eigenvalue weighted by Crippen LogP contribution is 2.35. The fraction of sp³-hybridized carbons (Fsp3) is 0.235. The lowest BCUT2D eigenvalue weighted by Gasteiger charge is -2.22. The van der Waals surface area contributed by atoms with Crippen molar-refractivity contribution in [2.75, 3.05) is 0 Å². The third kappa shape index (κ3) is 3.73. The van der Waals surface area contributed by atoms with E-state index >= 15 is 0 Å². The molecule has 0 unspecified atom stereocenters. The van der Waals surface area contributed by atoms with E-state index in [1.807, 2.05) is 0 Å². The predicted molar refractivity (Wildman–Crippen MR) is 87.7 cm³/mol. The van der Waals surface area contributed by atoms with Crippen molar-refractivity contribution in [3.05, 3.63) is 64.7 Å². The van der Waals surface area contributed by atoms with E-state index in [9.17, 15) is 30.8 Å². The van der Waals surface area contributed by atoms with Crippen molar-refractivity contribution >= 4 is 15.9 Å². The molecule has 2 aromatic carbocycles. The second-order valence-corrected chi connectivity index (χ2v) is 8.08. The summed E-state index contributed by atoms with van der Waals surface area (Å²) in [4.78, 5) is 10.0. The monoisotopic (exact) mass is 418 g/mol. The number of nitrogens with one attached hydrogen (secondary N) is 1. The Hall–Kier alpha value is -2.50. The number of halogens is 4. The molecule has 1 aliphatic carbocycles. The third-order valence-electron chi connectivity index (χ3n) is 4.27. The van der Waals surface area contributed by atoms with Gasteiger partial charge in [-0.3, -0.25) is 10.0 Å². The van der Waals surface area contributed by atoms with Gasteiger partial charge in [0, 0.05) is 24.2 Å². The van der Waals surface area contributed by atoms with Crippen molar-refractivity contribution in [3.8, 4) is 0 Å². The lowest BCUT2D eigenvalue weighted by Crippen LogP contribution is -2.33. The topological polar surface area (TPSA) is 86.7 Å². The minimum Gasteiger partial charge on any atom is -0.288 e. The largest absolute Gasteiger partial charge is 0.288 e. The summed E-state index contributed by atoms with van der Waals surface area (Å²) in [7, 11) is -4.67. The lowest BCUT2D eigenvalue weighted by molar-refractivity contribution is 0.0706. The number of hydrogen-bond donors (Lipinski definition) is 2. The minimum atomic E-state index is -4.67. The zero-order valence-electron chi connectivity index (χ0n) is 14.1. The highest BCUT2D eigenvalue weighted by Gasteiger charge is 2.40. The van der Waals surface area contributed by atoms with Crippen LogP contribution in [-0.2, 0) is 16.6 Å². The third-order valence-corrected chi connectivity index (χ3v) is 6.16. The molecular weight excluding hydrogens is 404 g/mol. The number of benzene rings is 2. The zero-order chi connectivity index (χ0) is 20.6. The van der Waals surface area contributed by atoms with E-state index < -0.39 is 50.1 Å². The molecule has 1 aliphatic rings. The summed E-state index contributed by atoms with van der Waals surface area (Å²) in [5, 5.41) is 8.60. The average molecular weight is 418 g/mol. The van der Waals surface area contributed by atoms with Crippen LogP contribution in [0.4, 0.5) is 17.6 Å². The molecule has 11 heteroatoms. The van der Waals surface area contributed by atoms with Gasteiger partial charge in [0.15, 0.2) is 23.3 Å². The number of amides is 1. The second kappa shape index (κ2) is 7.49. The SMILES string of the molecule is O=C(NO)c1ccc(CN(C2CC2)S(=O)(=O)c2cc(F)c(F)c(F)c2F)cc1. The second-order valence-electron chi connectivity index (χ2n) is 6.22. The Bertz CT molecular complexity index is 1020. The predicted octanol–water partition coefficient (Wildman–Crippen LogP) is 2.72.